The normalized spacial score (nSPS) is 25.9. The molecule has 0 aromatic rings. The van der Waals surface area contributed by atoms with E-state index in [4.69, 9.17) is 0 Å². The minimum atomic E-state index is -3.26. The van der Waals surface area contributed by atoms with E-state index in [2.05, 4.69) is 12.2 Å². The zero-order valence-electron chi connectivity index (χ0n) is 12.0. The van der Waals surface area contributed by atoms with E-state index in [9.17, 15) is 8.42 Å². The predicted octanol–water partition coefficient (Wildman–Crippen LogP) is 0.893. The third-order valence-electron chi connectivity index (χ3n) is 3.73. The Hall–Kier alpha value is -0.170. The van der Waals surface area contributed by atoms with Crippen molar-refractivity contribution in [3.8, 4) is 0 Å². The number of nitrogens with zero attached hydrogens (tertiary/aromatic N) is 2. The summed E-state index contributed by atoms with van der Waals surface area (Å²) in [5, 5.41) is 3.46. The van der Waals surface area contributed by atoms with Crippen molar-refractivity contribution in [3.05, 3.63) is 0 Å². The molecule has 0 spiro atoms. The average molecular weight is 277 g/mol. The molecule has 1 fully saturated rings. The lowest BCUT2D eigenvalue weighted by atomic mass is 9.87. The number of likely N-dealkylation sites (N-methyl/N-ethyl adjacent to an activating group) is 1. The smallest absolute Gasteiger partial charge is 0.281 e. The molecule has 1 N–H and O–H groups in total. The van der Waals surface area contributed by atoms with E-state index in [0.717, 1.165) is 12.5 Å². The molecule has 1 aliphatic carbocycles. The average Bonchev–Trinajstić information content (AvgIpc) is 2.31. The van der Waals surface area contributed by atoms with Gasteiger partial charge in [-0.25, -0.2) is 0 Å². The van der Waals surface area contributed by atoms with Gasteiger partial charge in [-0.2, -0.15) is 17.0 Å². The van der Waals surface area contributed by atoms with E-state index in [0.29, 0.717) is 12.6 Å². The van der Waals surface area contributed by atoms with Crippen LogP contribution >= 0.6 is 0 Å². The summed E-state index contributed by atoms with van der Waals surface area (Å²) in [6, 6.07) is 0.566. The molecule has 1 rings (SSSR count). The van der Waals surface area contributed by atoms with Crippen molar-refractivity contribution in [3.63, 3.8) is 0 Å². The fourth-order valence-electron chi connectivity index (χ4n) is 2.28. The van der Waals surface area contributed by atoms with Gasteiger partial charge in [-0.05, 0) is 31.6 Å². The predicted molar refractivity (Wildman–Crippen MR) is 74.7 cm³/mol. The van der Waals surface area contributed by atoms with Crippen LogP contribution in [0.15, 0.2) is 0 Å². The number of nitrogens with one attached hydrogen (secondary N) is 1. The van der Waals surface area contributed by atoms with Gasteiger partial charge < -0.3 is 5.32 Å². The highest BCUT2D eigenvalue weighted by molar-refractivity contribution is 7.86. The Balaban J connectivity index is 2.26. The highest BCUT2D eigenvalue weighted by Crippen LogP contribution is 2.23. The first-order chi connectivity index (χ1) is 8.34. The first-order valence-corrected chi connectivity index (χ1v) is 8.11. The molecule has 18 heavy (non-hydrogen) atoms. The van der Waals surface area contributed by atoms with Gasteiger partial charge in [0, 0.05) is 40.3 Å². The molecule has 0 atom stereocenters. The maximum atomic E-state index is 11.8. The van der Waals surface area contributed by atoms with Crippen LogP contribution in [0.25, 0.3) is 0 Å². The molecule has 1 aliphatic rings. The number of hydrogen-bond donors (Lipinski definition) is 1. The highest BCUT2D eigenvalue weighted by atomic mass is 32.2. The second-order valence-corrected chi connectivity index (χ2v) is 7.77. The van der Waals surface area contributed by atoms with Crippen LogP contribution in [-0.2, 0) is 10.2 Å². The summed E-state index contributed by atoms with van der Waals surface area (Å²) >= 11 is 0. The lowest BCUT2D eigenvalue weighted by Gasteiger charge is -2.28. The SMILES string of the molecule is CC1CCC(NCCN(C)S(=O)(=O)N(C)C)CC1. The standard InChI is InChI=1S/C12H27N3O2S/c1-11-5-7-12(8-6-11)13-9-10-15(4)18(16,17)14(2)3/h11-13H,5-10H2,1-4H3. The Labute approximate surface area is 112 Å². The van der Waals surface area contributed by atoms with Gasteiger partial charge in [0.2, 0.25) is 0 Å². The maximum absolute atomic E-state index is 11.8. The molecule has 108 valence electrons. The Morgan fingerprint density at radius 3 is 2.17 bits per heavy atom. The molecule has 6 heteroatoms. The molecule has 0 heterocycles. The first-order valence-electron chi connectivity index (χ1n) is 6.71. The molecule has 0 unspecified atom stereocenters. The van der Waals surface area contributed by atoms with Gasteiger partial charge in [0.05, 0.1) is 0 Å². The quantitative estimate of drug-likeness (QED) is 0.784. The molecule has 0 bridgehead atoms. The zero-order chi connectivity index (χ0) is 13.8. The van der Waals surface area contributed by atoms with Gasteiger partial charge in [0.15, 0.2) is 0 Å². The molecule has 0 amide bonds. The maximum Gasteiger partial charge on any atom is 0.281 e. The molecule has 0 saturated heterocycles. The molecular formula is C12H27N3O2S. The lowest BCUT2D eigenvalue weighted by molar-refractivity contribution is 0.301. The van der Waals surface area contributed by atoms with E-state index in [1.807, 2.05) is 0 Å². The largest absolute Gasteiger partial charge is 0.313 e. The minimum Gasteiger partial charge on any atom is -0.313 e. The fraction of sp³-hybridized carbons (Fsp3) is 1.00. The summed E-state index contributed by atoms with van der Waals surface area (Å²) in [6.45, 7) is 3.54. The lowest BCUT2D eigenvalue weighted by Crippen LogP contribution is -2.43. The van der Waals surface area contributed by atoms with Crippen molar-refractivity contribution >= 4 is 10.2 Å². The summed E-state index contributed by atoms with van der Waals surface area (Å²) in [4.78, 5) is 0. The minimum absolute atomic E-state index is 0.520. The molecule has 0 aromatic heterocycles. The highest BCUT2D eigenvalue weighted by Gasteiger charge is 2.21. The topological polar surface area (TPSA) is 52.7 Å². The molecule has 0 aromatic carbocycles. The van der Waals surface area contributed by atoms with Crippen LogP contribution in [0, 0.1) is 5.92 Å². The Morgan fingerprint density at radius 2 is 1.67 bits per heavy atom. The van der Waals surface area contributed by atoms with Gasteiger partial charge in [0.25, 0.3) is 10.2 Å². The van der Waals surface area contributed by atoms with E-state index in [1.54, 1.807) is 21.1 Å². The molecule has 0 radical (unpaired) electrons. The number of hydrogen-bond acceptors (Lipinski definition) is 3. The van der Waals surface area contributed by atoms with E-state index in [1.165, 1.54) is 34.3 Å². The molecule has 1 saturated carbocycles. The van der Waals surface area contributed by atoms with Crippen LogP contribution in [0.5, 0.6) is 0 Å². The van der Waals surface area contributed by atoms with Crippen molar-refractivity contribution in [1.29, 1.82) is 0 Å². The molecule has 5 nitrogen and oxygen atoms in total. The summed E-state index contributed by atoms with van der Waals surface area (Å²) in [5.74, 6) is 0.847. The van der Waals surface area contributed by atoms with Crippen LogP contribution in [0.3, 0.4) is 0 Å². The second-order valence-electron chi connectivity index (χ2n) is 5.52. The van der Waals surface area contributed by atoms with Crippen LogP contribution in [-0.4, -0.2) is 57.3 Å². The van der Waals surface area contributed by atoms with Gasteiger partial charge in [-0.1, -0.05) is 6.92 Å². The van der Waals surface area contributed by atoms with Crippen molar-refractivity contribution in [1.82, 2.24) is 13.9 Å². The van der Waals surface area contributed by atoms with E-state index in [-0.39, 0.29) is 0 Å². The fourth-order valence-corrected chi connectivity index (χ4v) is 3.16. The first kappa shape index (κ1) is 15.9. The van der Waals surface area contributed by atoms with Crippen molar-refractivity contribution in [2.45, 2.75) is 38.6 Å². The Morgan fingerprint density at radius 1 is 1.11 bits per heavy atom. The third kappa shape index (κ3) is 4.50. The number of rotatable bonds is 6. The monoisotopic (exact) mass is 277 g/mol. The van der Waals surface area contributed by atoms with Crippen LogP contribution in [0.1, 0.15) is 32.6 Å². The van der Waals surface area contributed by atoms with Gasteiger partial charge in [0.1, 0.15) is 0 Å². The summed E-state index contributed by atoms with van der Waals surface area (Å²) < 4.78 is 26.2. The summed E-state index contributed by atoms with van der Waals surface area (Å²) in [7, 11) is 1.48. The Bertz CT molecular complexity index is 335. The van der Waals surface area contributed by atoms with E-state index >= 15 is 0 Å². The molecular weight excluding hydrogens is 250 g/mol. The summed E-state index contributed by atoms with van der Waals surface area (Å²) in [6.07, 6.45) is 4.99. The van der Waals surface area contributed by atoms with Crippen molar-refractivity contribution in [2.24, 2.45) is 5.92 Å². The van der Waals surface area contributed by atoms with Gasteiger partial charge in [-0.15, -0.1) is 0 Å². The van der Waals surface area contributed by atoms with Gasteiger partial charge >= 0.3 is 0 Å². The Kier molecular flexibility index (Phi) is 6.04. The summed E-state index contributed by atoms with van der Waals surface area (Å²) in [5.41, 5.74) is 0. The second kappa shape index (κ2) is 6.84. The van der Waals surface area contributed by atoms with Crippen LogP contribution in [0.4, 0.5) is 0 Å². The van der Waals surface area contributed by atoms with Crippen molar-refractivity contribution < 1.29 is 8.42 Å². The van der Waals surface area contributed by atoms with Crippen LogP contribution in [0.2, 0.25) is 0 Å². The van der Waals surface area contributed by atoms with Gasteiger partial charge in [-0.3, -0.25) is 0 Å². The molecule has 0 aliphatic heterocycles. The zero-order valence-corrected chi connectivity index (χ0v) is 12.8. The van der Waals surface area contributed by atoms with Crippen LogP contribution < -0.4 is 5.32 Å². The van der Waals surface area contributed by atoms with E-state index < -0.39 is 10.2 Å². The third-order valence-corrected chi connectivity index (χ3v) is 5.62. The van der Waals surface area contributed by atoms with Crippen molar-refractivity contribution in [2.75, 3.05) is 34.2 Å².